The molecule has 24 heavy (non-hydrogen) atoms. The molecule has 0 amide bonds. The summed E-state index contributed by atoms with van der Waals surface area (Å²) in [5.41, 5.74) is 0.998. The fourth-order valence-electron chi connectivity index (χ4n) is 2.30. The van der Waals surface area contributed by atoms with Gasteiger partial charge < -0.3 is 14.2 Å². The average Bonchev–Trinajstić information content (AvgIpc) is 2.58. The second-order valence-electron chi connectivity index (χ2n) is 5.72. The molecule has 1 unspecified atom stereocenters. The summed E-state index contributed by atoms with van der Waals surface area (Å²) in [5.74, 6) is 0. The van der Waals surface area contributed by atoms with Gasteiger partial charge in [0.2, 0.25) is 0 Å². The number of rotatable bonds is 10. The molecular weight excluding hydrogens is 332 g/mol. The van der Waals surface area contributed by atoms with Gasteiger partial charge in [-0.15, -0.1) is 0 Å². The van der Waals surface area contributed by atoms with Gasteiger partial charge in [0.1, 0.15) is 0 Å². The van der Waals surface area contributed by atoms with E-state index in [0.717, 1.165) is 37.9 Å². The molecule has 0 aliphatic carbocycles. The largest absolute Gasteiger partial charge is 0.379 e. The van der Waals surface area contributed by atoms with Gasteiger partial charge in [0, 0.05) is 13.2 Å². The zero-order valence-corrected chi connectivity index (χ0v) is 14.9. The number of hydrogen-bond donors (Lipinski definition) is 0. The monoisotopic (exact) mass is 358 g/mol. The van der Waals surface area contributed by atoms with E-state index >= 15 is 0 Å². The maximum absolute atomic E-state index is 11.9. The van der Waals surface area contributed by atoms with Crippen LogP contribution in [0.3, 0.4) is 0 Å². The van der Waals surface area contributed by atoms with Crippen molar-refractivity contribution in [3.8, 4) is 0 Å². The van der Waals surface area contributed by atoms with Crippen LogP contribution in [-0.2, 0) is 28.5 Å². The van der Waals surface area contributed by atoms with E-state index in [1.54, 1.807) is 12.1 Å². The van der Waals surface area contributed by atoms with Gasteiger partial charge in [-0.3, -0.25) is 4.18 Å². The SMILES string of the molecule is Cc1ccc(S(=O)(=O)OCCOCCCOC2CCCCO2)cc1. The molecule has 6 nitrogen and oxygen atoms in total. The van der Waals surface area contributed by atoms with Gasteiger partial charge in [0.05, 0.1) is 24.7 Å². The Morgan fingerprint density at radius 3 is 2.58 bits per heavy atom. The summed E-state index contributed by atoms with van der Waals surface area (Å²) >= 11 is 0. The Labute approximate surface area is 144 Å². The molecule has 2 rings (SSSR count). The van der Waals surface area contributed by atoms with Gasteiger partial charge in [-0.05, 0) is 44.7 Å². The van der Waals surface area contributed by atoms with E-state index in [0.29, 0.717) is 13.2 Å². The standard InChI is InChI=1S/C17H26O6S/c1-15-6-8-16(9-7-15)24(18,19)23-14-13-20-10-4-12-22-17-5-2-3-11-21-17/h6-9,17H,2-5,10-14H2,1H3. The van der Waals surface area contributed by atoms with E-state index in [4.69, 9.17) is 18.4 Å². The third-order valence-corrected chi connectivity index (χ3v) is 4.98. The minimum atomic E-state index is -3.71. The zero-order valence-electron chi connectivity index (χ0n) is 14.1. The summed E-state index contributed by atoms with van der Waals surface area (Å²) < 4.78 is 45.2. The van der Waals surface area contributed by atoms with Crippen molar-refractivity contribution in [1.82, 2.24) is 0 Å². The molecule has 1 aliphatic rings. The smallest absolute Gasteiger partial charge is 0.297 e. The second-order valence-corrected chi connectivity index (χ2v) is 7.34. The summed E-state index contributed by atoms with van der Waals surface area (Å²) in [4.78, 5) is 0.161. The third-order valence-electron chi connectivity index (χ3n) is 3.65. The highest BCUT2D eigenvalue weighted by atomic mass is 32.2. The van der Waals surface area contributed by atoms with Crippen LogP contribution in [0.5, 0.6) is 0 Å². The Kier molecular flexibility index (Phi) is 8.14. The molecule has 136 valence electrons. The molecule has 1 fully saturated rings. The molecule has 0 aromatic heterocycles. The topological polar surface area (TPSA) is 71.1 Å². The lowest BCUT2D eigenvalue weighted by atomic mass is 10.2. The van der Waals surface area contributed by atoms with E-state index in [9.17, 15) is 8.42 Å². The highest BCUT2D eigenvalue weighted by Gasteiger charge is 2.15. The Morgan fingerprint density at radius 2 is 1.88 bits per heavy atom. The summed E-state index contributed by atoms with van der Waals surface area (Å²) in [7, 11) is -3.71. The van der Waals surface area contributed by atoms with E-state index in [-0.39, 0.29) is 24.4 Å². The van der Waals surface area contributed by atoms with Crippen molar-refractivity contribution in [2.75, 3.05) is 33.0 Å². The minimum absolute atomic E-state index is 0.00278. The highest BCUT2D eigenvalue weighted by molar-refractivity contribution is 7.86. The lowest BCUT2D eigenvalue weighted by Crippen LogP contribution is -2.23. The maximum atomic E-state index is 11.9. The summed E-state index contributed by atoms with van der Waals surface area (Å²) in [5, 5.41) is 0. The molecule has 0 bridgehead atoms. The van der Waals surface area contributed by atoms with Crippen LogP contribution in [0.1, 0.15) is 31.2 Å². The van der Waals surface area contributed by atoms with Crippen molar-refractivity contribution in [3.05, 3.63) is 29.8 Å². The van der Waals surface area contributed by atoms with E-state index in [1.807, 2.05) is 6.92 Å². The van der Waals surface area contributed by atoms with Crippen LogP contribution in [0, 0.1) is 6.92 Å². The fourth-order valence-corrected chi connectivity index (χ4v) is 3.19. The molecule has 1 atom stereocenters. The number of benzene rings is 1. The quantitative estimate of drug-likeness (QED) is 0.473. The maximum Gasteiger partial charge on any atom is 0.297 e. The molecule has 7 heteroatoms. The van der Waals surface area contributed by atoms with Crippen LogP contribution in [0.25, 0.3) is 0 Å². The average molecular weight is 358 g/mol. The van der Waals surface area contributed by atoms with Gasteiger partial charge in [0.15, 0.2) is 6.29 Å². The van der Waals surface area contributed by atoms with Crippen LogP contribution in [0.15, 0.2) is 29.2 Å². The number of ether oxygens (including phenoxy) is 3. The Morgan fingerprint density at radius 1 is 1.08 bits per heavy atom. The number of hydrogen-bond acceptors (Lipinski definition) is 6. The van der Waals surface area contributed by atoms with Crippen LogP contribution in [-0.4, -0.2) is 47.7 Å². The predicted molar refractivity (Wildman–Crippen MR) is 89.3 cm³/mol. The van der Waals surface area contributed by atoms with Gasteiger partial charge >= 0.3 is 0 Å². The Bertz CT molecular complexity index is 563. The molecule has 1 saturated heterocycles. The van der Waals surface area contributed by atoms with Crippen molar-refractivity contribution in [3.63, 3.8) is 0 Å². The van der Waals surface area contributed by atoms with Gasteiger partial charge in [-0.1, -0.05) is 17.7 Å². The van der Waals surface area contributed by atoms with Crippen LogP contribution < -0.4 is 0 Å². The molecule has 1 aromatic carbocycles. The van der Waals surface area contributed by atoms with Crippen LogP contribution in [0.2, 0.25) is 0 Å². The first kappa shape index (κ1) is 19.3. The molecule has 1 aliphatic heterocycles. The van der Waals surface area contributed by atoms with Crippen molar-refractivity contribution >= 4 is 10.1 Å². The fraction of sp³-hybridized carbons (Fsp3) is 0.647. The first-order valence-electron chi connectivity index (χ1n) is 8.35. The van der Waals surface area contributed by atoms with Crippen LogP contribution >= 0.6 is 0 Å². The molecule has 0 spiro atoms. The lowest BCUT2D eigenvalue weighted by molar-refractivity contribution is -0.164. The van der Waals surface area contributed by atoms with Crippen molar-refractivity contribution in [2.45, 2.75) is 43.8 Å². The summed E-state index contributed by atoms with van der Waals surface area (Å²) in [6.07, 6.45) is 3.86. The Hall–Kier alpha value is -0.990. The van der Waals surface area contributed by atoms with E-state index in [1.165, 1.54) is 12.1 Å². The summed E-state index contributed by atoms with van der Waals surface area (Å²) in [6.45, 7) is 3.98. The first-order chi connectivity index (χ1) is 11.6. The normalized spacial score (nSPS) is 18.6. The Balaban J connectivity index is 1.52. The zero-order chi connectivity index (χ0) is 17.3. The van der Waals surface area contributed by atoms with Crippen LogP contribution in [0.4, 0.5) is 0 Å². The summed E-state index contributed by atoms with van der Waals surface area (Å²) in [6, 6.07) is 6.55. The van der Waals surface area contributed by atoms with E-state index < -0.39 is 10.1 Å². The molecule has 1 aromatic rings. The molecule has 0 N–H and O–H groups in total. The van der Waals surface area contributed by atoms with Gasteiger partial charge in [0.25, 0.3) is 10.1 Å². The second kappa shape index (κ2) is 10.1. The predicted octanol–water partition coefficient (Wildman–Crippen LogP) is 2.65. The molecule has 0 radical (unpaired) electrons. The first-order valence-corrected chi connectivity index (χ1v) is 9.76. The molecule has 1 heterocycles. The van der Waals surface area contributed by atoms with Gasteiger partial charge in [-0.2, -0.15) is 8.42 Å². The lowest BCUT2D eigenvalue weighted by Gasteiger charge is -2.22. The highest BCUT2D eigenvalue weighted by Crippen LogP contribution is 2.14. The van der Waals surface area contributed by atoms with E-state index in [2.05, 4.69) is 0 Å². The number of aryl methyl sites for hydroxylation is 1. The minimum Gasteiger partial charge on any atom is -0.379 e. The molecular formula is C17H26O6S. The van der Waals surface area contributed by atoms with Gasteiger partial charge in [-0.25, -0.2) is 0 Å². The third kappa shape index (κ3) is 6.86. The van der Waals surface area contributed by atoms with Crippen molar-refractivity contribution in [2.24, 2.45) is 0 Å². The van der Waals surface area contributed by atoms with Crippen molar-refractivity contribution in [1.29, 1.82) is 0 Å². The molecule has 0 saturated carbocycles. The van der Waals surface area contributed by atoms with Crippen molar-refractivity contribution < 1.29 is 26.8 Å².